The Morgan fingerprint density at radius 2 is 1.10 bits per heavy atom. The van der Waals surface area contributed by atoms with E-state index in [-0.39, 0.29) is 10.8 Å². The molecule has 3 aliphatic rings. The normalized spacial score (nSPS) is 18.1. The maximum absolute atomic E-state index is 2.88. The number of fused-ring (bicyclic) bond motifs is 7. The maximum atomic E-state index is 2.75. The minimum atomic E-state index is -2.88. The second kappa shape index (κ2) is 10.5. The van der Waals surface area contributed by atoms with Crippen molar-refractivity contribution < 1.29 is 20.3 Å². The van der Waals surface area contributed by atoms with Gasteiger partial charge in [-0.2, -0.15) is 0 Å². The van der Waals surface area contributed by atoms with Gasteiger partial charge in [-0.25, -0.2) is 0 Å². The second-order valence-electron chi connectivity index (χ2n) is 17.1. The van der Waals surface area contributed by atoms with Crippen LogP contribution >= 0.6 is 0 Å². The molecule has 0 bridgehead atoms. The fraction of sp³-hybridized carbons (Fsp3) is 0.277. The molecule has 9 rings (SSSR count). The van der Waals surface area contributed by atoms with Crippen LogP contribution in [0.1, 0.15) is 89.1 Å². The predicted molar refractivity (Wildman–Crippen MR) is 204 cm³/mol. The summed E-state index contributed by atoms with van der Waals surface area (Å²) in [6, 6.07) is 42.7. The van der Waals surface area contributed by atoms with E-state index in [4.69, 9.17) is 0 Å². The standard InChI is InChI=1S/C24H17.C21H25.C2H4.Zr/c1-16-13-14-17-8-6-12-22(24(16)17)23-15-18-7-2-3-9-19(18)20-10-4-5-11-21(20)23;1-20(2,3)16-7-9-18-14(12-16)11-15-13-17(21(4,5)6)8-10-19(15)18;1-2;/h2-15H,1H3;7-13H,1-6H3;1-2H2;. The van der Waals surface area contributed by atoms with Gasteiger partial charge in [0.25, 0.3) is 0 Å². The predicted octanol–water partition coefficient (Wildman–Crippen LogP) is 13.5. The van der Waals surface area contributed by atoms with Gasteiger partial charge in [-0.3, -0.25) is 0 Å². The summed E-state index contributed by atoms with van der Waals surface area (Å²) < 4.78 is 4.13. The number of allylic oxidation sites excluding steroid dienone is 2. The van der Waals surface area contributed by atoms with Crippen LogP contribution in [0.5, 0.6) is 0 Å². The molecule has 0 amide bonds. The Bertz CT molecular complexity index is 2270. The monoisotopic (exact) mass is 700 g/mol. The van der Waals surface area contributed by atoms with Gasteiger partial charge < -0.3 is 0 Å². The molecule has 1 fully saturated rings. The molecule has 1 aliphatic heterocycles. The molecular weight excluding hydrogens is 656 g/mol. The molecule has 1 saturated heterocycles. The summed E-state index contributed by atoms with van der Waals surface area (Å²) in [5.74, 6) is 0. The van der Waals surface area contributed by atoms with Crippen LogP contribution in [0.15, 0.2) is 115 Å². The van der Waals surface area contributed by atoms with Crippen LogP contribution in [0.3, 0.4) is 0 Å². The zero-order chi connectivity index (χ0) is 33.2. The van der Waals surface area contributed by atoms with Crippen molar-refractivity contribution in [2.75, 3.05) is 0 Å². The summed E-state index contributed by atoms with van der Waals surface area (Å²) in [4.78, 5) is 0. The van der Waals surface area contributed by atoms with E-state index < -0.39 is 20.3 Å². The molecule has 1 heterocycles. The van der Waals surface area contributed by atoms with Gasteiger partial charge in [-0.05, 0) is 0 Å². The first-order valence-electron chi connectivity index (χ1n) is 18.0. The molecule has 1 heteroatoms. The summed E-state index contributed by atoms with van der Waals surface area (Å²) >= 11 is -2.88. The average molecular weight is 702 g/mol. The molecule has 48 heavy (non-hydrogen) atoms. The summed E-state index contributed by atoms with van der Waals surface area (Å²) in [6.45, 7) is 16.6. The van der Waals surface area contributed by atoms with Crippen LogP contribution in [-0.2, 0) is 31.1 Å². The minimum absolute atomic E-state index is 0.130. The van der Waals surface area contributed by atoms with Crippen molar-refractivity contribution in [1.82, 2.24) is 0 Å². The number of hydrogen-bond acceptors (Lipinski definition) is 0. The zero-order valence-corrected chi connectivity index (χ0v) is 32.0. The Kier molecular flexibility index (Phi) is 6.66. The molecule has 1 atom stereocenters. The summed E-state index contributed by atoms with van der Waals surface area (Å²) in [7, 11) is 0. The Hall–Kier alpha value is -3.54. The Balaban J connectivity index is 1.24. The van der Waals surface area contributed by atoms with Crippen LogP contribution in [0.25, 0.3) is 49.4 Å². The van der Waals surface area contributed by atoms with E-state index in [1.165, 1.54) is 74.3 Å². The Morgan fingerprint density at radius 1 is 0.521 bits per heavy atom. The van der Waals surface area contributed by atoms with E-state index >= 15 is 0 Å². The first kappa shape index (κ1) is 30.5. The first-order valence-corrected chi connectivity index (χ1v) is 24.3. The topological polar surface area (TPSA) is 0 Å². The Labute approximate surface area is 291 Å². The first-order chi connectivity index (χ1) is 23.0. The molecule has 1 unspecified atom stereocenters. The van der Waals surface area contributed by atoms with E-state index in [1.54, 1.807) is 16.7 Å². The molecule has 0 radical (unpaired) electrons. The van der Waals surface area contributed by atoms with Crippen LogP contribution in [0.2, 0.25) is 8.26 Å². The third-order valence-corrected chi connectivity index (χ3v) is 24.7. The van der Waals surface area contributed by atoms with Gasteiger partial charge in [0.1, 0.15) is 0 Å². The number of rotatable bonds is 3. The van der Waals surface area contributed by atoms with Crippen LogP contribution in [0, 0.1) is 0 Å². The van der Waals surface area contributed by atoms with Gasteiger partial charge in [0, 0.05) is 0 Å². The van der Waals surface area contributed by atoms with E-state index in [2.05, 4.69) is 164 Å². The SMILES string of the molecule is CC1=C[CH]([Zr]2([CH]3c4cc(C(C)(C)C)ccc4-c4ccc(C(C)(C)C)cc43)[CH2][CH2]2)c2cccc(-c3cc4ccccc4c4ccccc34)c21. The summed E-state index contributed by atoms with van der Waals surface area (Å²) in [5.41, 5.74) is 16.9. The van der Waals surface area contributed by atoms with Gasteiger partial charge >= 0.3 is 293 Å². The third kappa shape index (κ3) is 4.49. The van der Waals surface area contributed by atoms with Crippen molar-refractivity contribution in [2.24, 2.45) is 0 Å². The molecule has 2 aliphatic carbocycles. The second-order valence-corrected chi connectivity index (χ2v) is 28.5. The van der Waals surface area contributed by atoms with Crippen molar-refractivity contribution in [1.29, 1.82) is 0 Å². The van der Waals surface area contributed by atoms with Crippen LogP contribution < -0.4 is 0 Å². The van der Waals surface area contributed by atoms with Crippen LogP contribution in [-0.4, -0.2) is 0 Å². The summed E-state index contributed by atoms with van der Waals surface area (Å²) in [6.07, 6.45) is 2.75. The molecule has 6 aromatic carbocycles. The van der Waals surface area contributed by atoms with E-state index in [0.717, 1.165) is 0 Å². The molecule has 238 valence electrons. The van der Waals surface area contributed by atoms with E-state index in [1.807, 2.05) is 0 Å². The molecule has 0 nitrogen and oxygen atoms in total. The van der Waals surface area contributed by atoms with Gasteiger partial charge in [0.05, 0.1) is 0 Å². The van der Waals surface area contributed by atoms with Crippen molar-refractivity contribution in [3.05, 3.63) is 149 Å². The van der Waals surface area contributed by atoms with E-state index in [0.29, 0.717) is 7.25 Å². The quantitative estimate of drug-likeness (QED) is 0.161. The molecule has 6 aromatic rings. The van der Waals surface area contributed by atoms with E-state index in [9.17, 15) is 0 Å². The number of hydrogen-bond donors (Lipinski definition) is 0. The van der Waals surface area contributed by atoms with Crippen molar-refractivity contribution in [3.8, 4) is 22.3 Å². The third-order valence-electron chi connectivity index (χ3n) is 12.1. The molecular formula is C47H46Zr. The molecule has 0 N–H and O–H groups in total. The molecule has 0 aromatic heterocycles. The van der Waals surface area contributed by atoms with Crippen molar-refractivity contribution in [3.63, 3.8) is 0 Å². The van der Waals surface area contributed by atoms with Crippen molar-refractivity contribution >= 4 is 27.1 Å². The van der Waals surface area contributed by atoms with Gasteiger partial charge in [-0.1, -0.05) is 0 Å². The summed E-state index contributed by atoms with van der Waals surface area (Å²) in [5, 5.41) is 5.36. The Morgan fingerprint density at radius 3 is 1.71 bits per heavy atom. The van der Waals surface area contributed by atoms with Crippen LogP contribution in [0.4, 0.5) is 0 Å². The fourth-order valence-corrected chi connectivity index (χ4v) is 25.9. The number of benzene rings is 6. The molecule has 0 saturated carbocycles. The fourth-order valence-electron chi connectivity index (χ4n) is 9.41. The zero-order valence-electron chi connectivity index (χ0n) is 29.5. The molecule has 0 spiro atoms. The van der Waals surface area contributed by atoms with Gasteiger partial charge in [-0.15, -0.1) is 0 Å². The average Bonchev–Trinajstić information content (AvgIpc) is 3.68. The van der Waals surface area contributed by atoms with Gasteiger partial charge in [0.15, 0.2) is 0 Å². The van der Waals surface area contributed by atoms with Crippen molar-refractivity contribution in [2.45, 2.75) is 74.8 Å². The van der Waals surface area contributed by atoms with Gasteiger partial charge in [0.2, 0.25) is 0 Å².